The van der Waals surface area contributed by atoms with Gasteiger partial charge in [-0.05, 0) is 55.2 Å². The van der Waals surface area contributed by atoms with Crippen LogP contribution in [0, 0.1) is 5.82 Å². The molecule has 1 amide bonds. The third-order valence-electron chi connectivity index (χ3n) is 4.91. The fourth-order valence-corrected chi connectivity index (χ4v) is 4.80. The smallest absolute Gasteiger partial charge is 0.261 e. The molecule has 0 aliphatic carbocycles. The van der Waals surface area contributed by atoms with Gasteiger partial charge in [0.05, 0.1) is 15.6 Å². The van der Waals surface area contributed by atoms with Crippen molar-refractivity contribution in [3.63, 3.8) is 0 Å². The summed E-state index contributed by atoms with van der Waals surface area (Å²) in [5, 5.41) is -0.273. The molecule has 1 fully saturated rings. The number of carbonyl (C=O) groups is 1. The van der Waals surface area contributed by atoms with Gasteiger partial charge in [0.1, 0.15) is 11.9 Å². The topological polar surface area (TPSA) is 75.7 Å². The molecule has 0 radical (unpaired) electrons. The van der Waals surface area contributed by atoms with E-state index >= 15 is 0 Å². The number of rotatable bonds is 4. The number of benzene rings is 2. The zero-order valence-corrected chi connectivity index (χ0v) is 16.4. The van der Waals surface area contributed by atoms with Gasteiger partial charge in [-0.2, -0.15) is 0 Å². The molecule has 4 rings (SSSR count). The third-order valence-corrected chi connectivity index (χ3v) is 6.57. The monoisotopic (exact) mass is 424 g/mol. The first-order valence-electron chi connectivity index (χ1n) is 8.89. The van der Waals surface area contributed by atoms with Crippen molar-refractivity contribution < 1.29 is 22.3 Å². The molecule has 28 heavy (non-hydrogen) atoms. The molecular weight excluding hydrogens is 407 g/mol. The van der Waals surface area contributed by atoms with Crippen LogP contribution in [0.15, 0.2) is 41.3 Å². The maximum Gasteiger partial charge on any atom is 0.261 e. The van der Waals surface area contributed by atoms with Crippen LogP contribution in [0.3, 0.4) is 0 Å². The zero-order valence-electron chi connectivity index (χ0n) is 14.8. The SMILES string of the molecule is O=C([C@H]1CCCO1)N1CCc2ccc(NS(=O)(=O)c3ccc(F)c(Cl)c3)cc21. The number of fused-ring (bicyclic) bond motifs is 1. The molecule has 0 saturated carbocycles. The fourth-order valence-electron chi connectivity index (χ4n) is 3.48. The minimum absolute atomic E-state index is 0.0958. The number of halogens is 2. The van der Waals surface area contributed by atoms with Crippen molar-refractivity contribution in [3.05, 3.63) is 52.8 Å². The molecule has 148 valence electrons. The van der Waals surface area contributed by atoms with Crippen molar-refractivity contribution in [2.24, 2.45) is 0 Å². The van der Waals surface area contributed by atoms with Crippen LogP contribution in [-0.4, -0.2) is 33.6 Å². The molecule has 9 heteroatoms. The van der Waals surface area contributed by atoms with Gasteiger partial charge in [0.2, 0.25) is 0 Å². The number of nitrogens with zero attached hydrogens (tertiary/aromatic N) is 1. The summed E-state index contributed by atoms with van der Waals surface area (Å²) in [6.07, 6.45) is 1.82. The zero-order chi connectivity index (χ0) is 19.9. The summed E-state index contributed by atoms with van der Waals surface area (Å²) >= 11 is 5.69. The van der Waals surface area contributed by atoms with E-state index in [-0.39, 0.29) is 15.8 Å². The lowest BCUT2D eigenvalue weighted by Gasteiger charge is -2.21. The average Bonchev–Trinajstić information content (AvgIpc) is 3.32. The molecule has 2 aromatic rings. The minimum atomic E-state index is -3.95. The van der Waals surface area contributed by atoms with E-state index in [1.807, 2.05) is 0 Å². The Balaban J connectivity index is 1.59. The van der Waals surface area contributed by atoms with E-state index < -0.39 is 21.9 Å². The Morgan fingerprint density at radius 1 is 1.25 bits per heavy atom. The molecule has 2 aliphatic heterocycles. The third kappa shape index (κ3) is 3.59. The lowest BCUT2D eigenvalue weighted by atomic mass is 10.1. The van der Waals surface area contributed by atoms with E-state index in [1.54, 1.807) is 23.1 Å². The number of hydrogen-bond donors (Lipinski definition) is 1. The predicted octanol–water partition coefficient (Wildman–Crippen LogP) is 3.35. The van der Waals surface area contributed by atoms with Gasteiger partial charge in [-0.25, -0.2) is 12.8 Å². The summed E-state index contributed by atoms with van der Waals surface area (Å²) < 4.78 is 46.5. The number of nitrogens with one attached hydrogen (secondary N) is 1. The Labute approximate surface area is 167 Å². The number of sulfonamides is 1. The largest absolute Gasteiger partial charge is 0.368 e. The molecule has 2 aliphatic rings. The molecule has 0 spiro atoms. The number of ether oxygens (including phenoxy) is 1. The van der Waals surface area contributed by atoms with Gasteiger partial charge in [0, 0.05) is 18.8 Å². The first-order valence-corrected chi connectivity index (χ1v) is 10.7. The van der Waals surface area contributed by atoms with Crippen LogP contribution in [0.25, 0.3) is 0 Å². The molecular formula is C19H18ClFN2O4S. The fraction of sp³-hybridized carbons (Fsp3) is 0.316. The van der Waals surface area contributed by atoms with Crippen LogP contribution >= 0.6 is 11.6 Å². The lowest BCUT2D eigenvalue weighted by molar-refractivity contribution is -0.127. The number of carbonyl (C=O) groups excluding carboxylic acids is 1. The van der Waals surface area contributed by atoms with Crippen LogP contribution < -0.4 is 9.62 Å². The predicted molar refractivity (Wildman–Crippen MR) is 104 cm³/mol. The van der Waals surface area contributed by atoms with Gasteiger partial charge in [-0.3, -0.25) is 9.52 Å². The first kappa shape index (κ1) is 19.2. The summed E-state index contributed by atoms with van der Waals surface area (Å²) in [5.74, 6) is -0.789. The molecule has 2 heterocycles. The second-order valence-corrected chi connectivity index (χ2v) is 8.86. The van der Waals surface area contributed by atoms with Gasteiger partial charge in [0.15, 0.2) is 0 Å². The molecule has 1 saturated heterocycles. The summed E-state index contributed by atoms with van der Waals surface area (Å²) in [4.78, 5) is 14.2. The van der Waals surface area contributed by atoms with E-state index in [0.29, 0.717) is 37.4 Å². The van der Waals surface area contributed by atoms with Crippen LogP contribution in [-0.2, 0) is 26.0 Å². The van der Waals surface area contributed by atoms with Crippen molar-refractivity contribution in [3.8, 4) is 0 Å². The van der Waals surface area contributed by atoms with Crippen molar-refractivity contribution in [1.82, 2.24) is 0 Å². The average molecular weight is 425 g/mol. The number of anilines is 2. The first-order chi connectivity index (χ1) is 13.3. The lowest BCUT2D eigenvalue weighted by Crippen LogP contribution is -2.37. The summed E-state index contributed by atoms with van der Waals surface area (Å²) in [5.41, 5.74) is 1.96. The Morgan fingerprint density at radius 3 is 2.79 bits per heavy atom. The van der Waals surface area contributed by atoms with Crippen molar-refractivity contribution in [1.29, 1.82) is 0 Å². The standard InChI is InChI=1S/C19H18ClFN2O4S/c20-15-11-14(5-6-16(15)21)28(25,26)22-13-4-3-12-7-8-23(17(12)10-13)19(24)18-2-1-9-27-18/h3-6,10-11,18,22H,1-2,7-9H2/t18-/m1/s1. The highest BCUT2D eigenvalue weighted by Gasteiger charge is 2.33. The second-order valence-electron chi connectivity index (χ2n) is 6.77. The minimum Gasteiger partial charge on any atom is -0.368 e. The van der Waals surface area contributed by atoms with E-state index in [2.05, 4.69) is 4.72 Å². The molecule has 2 aromatic carbocycles. The molecule has 6 nitrogen and oxygen atoms in total. The van der Waals surface area contributed by atoms with Crippen LogP contribution in [0.5, 0.6) is 0 Å². The van der Waals surface area contributed by atoms with E-state index in [4.69, 9.17) is 16.3 Å². The van der Waals surface area contributed by atoms with Crippen molar-refractivity contribution in [2.45, 2.75) is 30.3 Å². The normalized spacial score (nSPS) is 18.9. The van der Waals surface area contributed by atoms with E-state index in [1.165, 1.54) is 0 Å². The molecule has 1 atom stereocenters. The van der Waals surface area contributed by atoms with Crippen molar-refractivity contribution >= 4 is 38.9 Å². The molecule has 1 N–H and O–H groups in total. The van der Waals surface area contributed by atoms with Gasteiger partial charge in [-0.1, -0.05) is 17.7 Å². The molecule has 0 aromatic heterocycles. The summed E-state index contributed by atoms with van der Waals surface area (Å²) in [6.45, 7) is 1.12. The Bertz CT molecular complexity index is 1040. The van der Waals surface area contributed by atoms with Crippen LogP contribution in [0.4, 0.5) is 15.8 Å². The molecule has 0 bridgehead atoms. The van der Waals surface area contributed by atoms with Gasteiger partial charge < -0.3 is 9.64 Å². The summed E-state index contributed by atoms with van der Waals surface area (Å²) in [6, 6.07) is 8.28. The van der Waals surface area contributed by atoms with Crippen LogP contribution in [0.2, 0.25) is 5.02 Å². The maximum absolute atomic E-state index is 13.3. The number of hydrogen-bond acceptors (Lipinski definition) is 4. The highest BCUT2D eigenvalue weighted by atomic mass is 35.5. The van der Waals surface area contributed by atoms with Gasteiger partial charge in [-0.15, -0.1) is 0 Å². The van der Waals surface area contributed by atoms with E-state index in [0.717, 1.165) is 30.2 Å². The highest BCUT2D eigenvalue weighted by molar-refractivity contribution is 7.92. The Hall–Kier alpha value is -2.16. The maximum atomic E-state index is 13.3. The Morgan fingerprint density at radius 2 is 2.07 bits per heavy atom. The van der Waals surface area contributed by atoms with Gasteiger partial charge in [0.25, 0.3) is 15.9 Å². The highest BCUT2D eigenvalue weighted by Crippen LogP contribution is 2.33. The second kappa shape index (κ2) is 7.35. The van der Waals surface area contributed by atoms with Crippen LogP contribution in [0.1, 0.15) is 18.4 Å². The van der Waals surface area contributed by atoms with Crippen molar-refractivity contribution in [2.75, 3.05) is 22.8 Å². The Kier molecular flexibility index (Phi) is 5.03. The molecule has 0 unspecified atom stereocenters. The van der Waals surface area contributed by atoms with Gasteiger partial charge >= 0.3 is 0 Å². The number of amides is 1. The van der Waals surface area contributed by atoms with E-state index in [9.17, 15) is 17.6 Å². The summed E-state index contributed by atoms with van der Waals surface area (Å²) in [7, 11) is -3.95. The quantitative estimate of drug-likeness (QED) is 0.816.